The Hall–Kier alpha value is -0.660. The maximum Gasteiger partial charge on any atom is 0.237 e. The van der Waals surface area contributed by atoms with Crippen molar-refractivity contribution in [3.05, 3.63) is 22.9 Å². The Morgan fingerprint density at radius 2 is 2.33 bits per heavy atom. The molecule has 5 nitrogen and oxygen atoms in total. The number of anilines is 1. The third-order valence-corrected chi connectivity index (χ3v) is 4.16. The summed E-state index contributed by atoms with van der Waals surface area (Å²) in [6.07, 6.45) is 2.97. The minimum Gasteiger partial charge on any atom is -0.395 e. The maximum absolute atomic E-state index is 11.6. The van der Waals surface area contributed by atoms with Gasteiger partial charge in [0.1, 0.15) is 5.25 Å². The molecule has 1 heterocycles. The van der Waals surface area contributed by atoms with Gasteiger partial charge in [-0.25, -0.2) is 8.42 Å². The Morgan fingerprint density at radius 3 is 2.87 bits per heavy atom. The van der Waals surface area contributed by atoms with E-state index in [0.717, 1.165) is 0 Å². The maximum atomic E-state index is 11.6. The van der Waals surface area contributed by atoms with Gasteiger partial charge in [-0.05, 0) is 28.9 Å². The van der Waals surface area contributed by atoms with Gasteiger partial charge in [-0.3, -0.25) is 9.71 Å². The summed E-state index contributed by atoms with van der Waals surface area (Å²) in [5.41, 5.74) is 0.408. The average Bonchev–Trinajstić information content (AvgIpc) is 2.20. The van der Waals surface area contributed by atoms with Crippen LogP contribution >= 0.6 is 15.9 Å². The van der Waals surface area contributed by atoms with Crippen LogP contribution in [0.1, 0.15) is 6.92 Å². The molecule has 0 aliphatic rings. The largest absolute Gasteiger partial charge is 0.395 e. The molecule has 1 atom stereocenters. The van der Waals surface area contributed by atoms with E-state index in [1.165, 1.54) is 25.4 Å². The minimum atomic E-state index is -3.54. The molecule has 0 fully saturated rings. The monoisotopic (exact) mass is 294 g/mol. The van der Waals surface area contributed by atoms with Gasteiger partial charge in [-0.1, -0.05) is 0 Å². The average molecular weight is 295 g/mol. The highest BCUT2D eigenvalue weighted by molar-refractivity contribution is 9.10. The van der Waals surface area contributed by atoms with Crippen LogP contribution in [0.4, 0.5) is 5.69 Å². The predicted octanol–water partition coefficient (Wildman–Crippen LogP) is 0.967. The van der Waals surface area contributed by atoms with Gasteiger partial charge in [0.05, 0.1) is 16.8 Å². The van der Waals surface area contributed by atoms with Crippen LogP contribution in [0.5, 0.6) is 0 Å². The van der Waals surface area contributed by atoms with Crippen molar-refractivity contribution in [2.24, 2.45) is 0 Å². The van der Waals surface area contributed by atoms with E-state index in [-0.39, 0.29) is 0 Å². The van der Waals surface area contributed by atoms with E-state index in [2.05, 4.69) is 25.6 Å². The van der Waals surface area contributed by atoms with Gasteiger partial charge >= 0.3 is 0 Å². The van der Waals surface area contributed by atoms with Gasteiger partial charge in [0.25, 0.3) is 0 Å². The van der Waals surface area contributed by atoms with E-state index in [9.17, 15) is 8.42 Å². The van der Waals surface area contributed by atoms with Crippen molar-refractivity contribution >= 4 is 31.6 Å². The Morgan fingerprint density at radius 1 is 1.67 bits per heavy atom. The zero-order valence-electron chi connectivity index (χ0n) is 8.01. The molecule has 2 N–H and O–H groups in total. The van der Waals surface area contributed by atoms with Crippen LogP contribution in [0.2, 0.25) is 0 Å². The number of pyridine rings is 1. The van der Waals surface area contributed by atoms with Crippen LogP contribution in [0.3, 0.4) is 0 Å². The molecular formula is C8H11BrN2O3S. The first-order valence-corrected chi connectivity index (χ1v) is 6.53. The number of rotatable bonds is 4. The molecular weight excluding hydrogens is 284 g/mol. The minimum absolute atomic E-state index is 0.408. The van der Waals surface area contributed by atoms with Crippen LogP contribution in [-0.4, -0.2) is 30.4 Å². The van der Waals surface area contributed by atoms with E-state index in [4.69, 9.17) is 5.11 Å². The van der Waals surface area contributed by atoms with Gasteiger partial charge in [0.15, 0.2) is 0 Å². The van der Waals surface area contributed by atoms with E-state index in [1.54, 1.807) is 0 Å². The molecule has 0 spiro atoms. The third kappa shape index (κ3) is 3.15. The van der Waals surface area contributed by atoms with Crippen molar-refractivity contribution in [2.45, 2.75) is 12.2 Å². The van der Waals surface area contributed by atoms with Crippen LogP contribution in [0.25, 0.3) is 0 Å². The van der Waals surface area contributed by atoms with E-state index < -0.39 is 21.9 Å². The fourth-order valence-electron chi connectivity index (χ4n) is 0.810. The molecule has 1 aromatic rings. The highest BCUT2D eigenvalue weighted by Crippen LogP contribution is 2.21. The van der Waals surface area contributed by atoms with Crippen LogP contribution in [0.15, 0.2) is 22.9 Å². The summed E-state index contributed by atoms with van der Waals surface area (Å²) in [6, 6.07) is 1.53. The molecule has 0 radical (unpaired) electrons. The van der Waals surface area contributed by atoms with Crippen molar-refractivity contribution < 1.29 is 13.5 Å². The molecule has 0 amide bonds. The number of nitrogens with one attached hydrogen (secondary N) is 1. The number of sulfonamides is 1. The van der Waals surface area contributed by atoms with E-state index in [0.29, 0.717) is 10.2 Å². The Kier molecular flexibility index (Phi) is 4.06. The third-order valence-electron chi connectivity index (χ3n) is 1.81. The lowest BCUT2D eigenvalue weighted by Gasteiger charge is -2.13. The zero-order chi connectivity index (χ0) is 11.5. The highest BCUT2D eigenvalue weighted by Gasteiger charge is 2.20. The number of halogens is 1. The number of hydrogen-bond donors (Lipinski definition) is 2. The summed E-state index contributed by atoms with van der Waals surface area (Å²) in [6.45, 7) is 1.01. The Bertz CT molecular complexity index is 435. The number of aliphatic hydroxyl groups excluding tert-OH is 1. The van der Waals surface area contributed by atoms with Crippen molar-refractivity contribution in [1.29, 1.82) is 0 Å². The summed E-state index contributed by atoms with van der Waals surface area (Å²) in [5.74, 6) is 0. The highest BCUT2D eigenvalue weighted by atomic mass is 79.9. The van der Waals surface area contributed by atoms with E-state index in [1.807, 2.05) is 0 Å². The zero-order valence-corrected chi connectivity index (χ0v) is 10.4. The lowest BCUT2D eigenvalue weighted by Crippen LogP contribution is -2.28. The topological polar surface area (TPSA) is 79.3 Å². The second-order valence-corrected chi connectivity index (χ2v) is 5.95. The van der Waals surface area contributed by atoms with Gasteiger partial charge in [0, 0.05) is 12.4 Å². The molecule has 0 aromatic carbocycles. The van der Waals surface area contributed by atoms with Gasteiger partial charge in [0.2, 0.25) is 10.0 Å². The Labute approximate surface area is 96.7 Å². The molecule has 0 saturated heterocycles. The second kappa shape index (κ2) is 4.91. The molecule has 1 unspecified atom stereocenters. The number of nitrogens with zero attached hydrogens (tertiary/aromatic N) is 1. The number of hydrogen-bond acceptors (Lipinski definition) is 4. The Balaban J connectivity index is 2.92. The number of aliphatic hydroxyl groups is 1. The van der Waals surface area contributed by atoms with Gasteiger partial charge < -0.3 is 5.11 Å². The standard InChI is InChI=1S/C8H11BrN2O3S/c1-6(5-12)15(13,14)11-8-2-3-10-4-7(8)9/h2-4,6,12H,5H2,1H3,(H,10,11). The summed E-state index contributed by atoms with van der Waals surface area (Å²) in [7, 11) is -3.54. The molecule has 84 valence electrons. The SMILES string of the molecule is CC(CO)S(=O)(=O)Nc1ccncc1Br. The molecule has 1 rings (SSSR count). The molecule has 0 bridgehead atoms. The van der Waals surface area contributed by atoms with Crippen LogP contribution in [0, 0.1) is 0 Å². The normalized spacial score (nSPS) is 13.5. The second-order valence-electron chi connectivity index (χ2n) is 3.00. The van der Waals surface area contributed by atoms with E-state index >= 15 is 0 Å². The summed E-state index contributed by atoms with van der Waals surface area (Å²) < 4.78 is 26.1. The van der Waals surface area contributed by atoms with Gasteiger partial charge in [-0.2, -0.15) is 0 Å². The van der Waals surface area contributed by atoms with Gasteiger partial charge in [-0.15, -0.1) is 0 Å². The summed E-state index contributed by atoms with van der Waals surface area (Å²) >= 11 is 3.17. The first kappa shape index (κ1) is 12.4. The molecule has 0 aliphatic carbocycles. The number of aromatic nitrogens is 1. The lowest BCUT2D eigenvalue weighted by molar-refractivity contribution is 0.296. The molecule has 0 saturated carbocycles. The summed E-state index contributed by atoms with van der Waals surface area (Å²) in [4.78, 5) is 3.81. The fourth-order valence-corrected chi connectivity index (χ4v) is 2.17. The van der Waals surface area contributed by atoms with Crippen molar-refractivity contribution in [3.8, 4) is 0 Å². The first-order valence-electron chi connectivity index (χ1n) is 4.19. The van der Waals surface area contributed by atoms with Crippen LogP contribution in [-0.2, 0) is 10.0 Å². The first-order chi connectivity index (χ1) is 6.97. The smallest absolute Gasteiger partial charge is 0.237 e. The predicted molar refractivity (Wildman–Crippen MR) is 61.0 cm³/mol. The quantitative estimate of drug-likeness (QED) is 0.867. The molecule has 0 aliphatic heterocycles. The van der Waals surface area contributed by atoms with Crippen molar-refractivity contribution in [3.63, 3.8) is 0 Å². The molecule has 1 aromatic heterocycles. The molecule has 15 heavy (non-hydrogen) atoms. The van der Waals surface area contributed by atoms with Crippen molar-refractivity contribution in [2.75, 3.05) is 11.3 Å². The summed E-state index contributed by atoms with van der Waals surface area (Å²) in [5, 5.41) is 7.93. The molecule has 7 heteroatoms. The fraction of sp³-hybridized carbons (Fsp3) is 0.375. The van der Waals surface area contributed by atoms with Crippen molar-refractivity contribution in [1.82, 2.24) is 4.98 Å². The van der Waals surface area contributed by atoms with Crippen LogP contribution < -0.4 is 4.72 Å². The lowest BCUT2D eigenvalue weighted by atomic mass is 10.4.